The maximum atomic E-state index is 10.5. The summed E-state index contributed by atoms with van der Waals surface area (Å²) in [7, 11) is 0. The molecule has 23 heavy (non-hydrogen) atoms. The zero-order chi connectivity index (χ0) is 17.1. The third kappa shape index (κ3) is 4.54. The van der Waals surface area contributed by atoms with Gasteiger partial charge in [0.05, 0.1) is 13.2 Å². The van der Waals surface area contributed by atoms with Gasteiger partial charge in [0.1, 0.15) is 12.3 Å². The molecule has 1 saturated carbocycles. The second-order valence-corrected chi connectivity index (χ2v) is 7.94. The first-order chi connectivity index (χ1) is 10.8. The van der Waals surface area contributed by atoms with Crippen LogP contribution in [0.1, 0.15) is 46.5 Å². The highest BCUT2D eigenvalue weighted by molar-refractivity contribution is 4.90. The first-order valence-electron chi connectivity index (χ1n) is 8.77. The molecular weight excluding hydrogens is 294 g/mol. The number of aliphatic hydroxyl groups excluding tert-OH is 2. The molecule has 2 unspecified atom stereocenters. The molecule has 1 saturated heterocycles. The third-order valence-corrected chi connectivity index (χ3v) is 5.31. The molecule has 2 N–H and O–H groups in total. The average Bonchev–Trinajstić information content (AvgIpc) is 2.89. The molecule has 0 radical (unpaired) electrons. The summed E-state index contributed by atoms with van der Waals surface area (Å²) in [5.74, 6) is 0.169. The molecule has 2 fully saturated rings. The van der Waals surface area contributed by atoms with Crippen LogP contribution in [0.5, 0.6) is 0 Å². The summed E-state index contributed by atoms with van der Waals surface area (Å²) < 4.78 is 12.1. The minimum atomic E-state index is -0.778. The van der Waals surface area contributed by atoms with Gasteiger partial charge in [0.25, 0.3) is 0 Å². The summed E-state index contributed by atoms with van der Waals surface area (Å²) in [5, 5.41) is 19.7. The molecule has 134 valence electrons. The van der Waals surface area contributed by atoms with Crippen LogP contribution in [-0.4, -0.2) is 59.5 Å². The third-order valence-electron chi connectivity index (χ3n) is 5.31. The van der Waals surface area contributed by atoms with E-state index in [2.05, 4.69) is 27.4 Å². The summed E-state index contributed by atoms with van der Waals surface area (Å²) in [6.07, 6.45) is 4.55. The second-order valence-electron chi connectivity index (χ2n) is 7.94. The van der Waals surface area contributed by atoms with Gasteiger partial charge in [0.15, 0.2) is 5.79 Å². The highest BCUT2D eigenvalue weighted by Gasteiger charge is 2.48. The van der Waals surface area contributed by atoms with Crippen molar-refractivity contribution in [3.05, 3.63) is 12.7 Å². The molecule has 2 rings (SSSR count). The van der Waals surface area contributed by atoms with Crippen molar-refractivity contribution in [3.63, 3.8) is 0 Å². The Hall–Kier alpha value is -0.460. The summed E-state index contributed by atoms with van der Waals surface area (Å²) >= 11 is 0. The lowest BCUT2D eigenvalue weighted by molar-refractivity contribution is -0.213. The van der Waals surface area contributed by atoms with E-state index in [1.54, 1.807) is 11.0 Å². The molecule has 5 heteroatoms. The Morgan fingerprint density at radius 1 is 1.35 bits per heavy atom. The predicted octanol–water partition coefficient (Wildman–Crippen LogP) is 2.13. The molecule has 0 aromatic heterocycles. The fourth-order valence-corrected chi connectivity index (χ4v) is 3.77. The van der Waals surface area contributed by atoms with Gasteiger partial charge in [-0.25, -0.2) is 0 Å². The number of ether oxygens (including phenoxy) is 2. The van der Waals surface area contributed by atoms with Gasteiger partial charge in [0.2, 0.25) is 0 Å². The van der Waals surface area contributed by atoms with Crippen molar-refractivity contribution in [2.75, 3.05) is 26.3 Å². The van der Waals surface area contributed by atoms with Crippen LogP contribution in [0.2, 0.25) is 0 Å². The lowest BCUT2D eigenvalue weighted by atomic mass is 9.71. The van der Waals surface area contributed by atoms with Crippen LogP contribution in [0, 0.1) is 11.3 Å². The Kier molecular flexibility index (Phi) is 6.25. The Balaban J connectivity index is 1.92. The van der Waals surface area contributed by atoms with E-state index in [9.17, 15) is 5.11 Å². The first-order valence-corrected chi connectivity index (χ1v) is 8.77. The van der Waals surface area contributed by atoms with Gasteiger partial charge in [-0.15, -0.1) is 6.58 Å². The van der Waals surface area contributed by atoms with E-state index in [1.165, 1.54) is 0 Å². The zero-order valence-corrected chi connectivity index (χ0v) is 14.8. The molecule has 1 aliphatic carbocycles. The molecule has 1 aliphatic heterocycles. The molecule has 1 heterocycles. The topological polar surface area (TPSA) is 62.2 Å². The molecule has 0 amide bonds. The monoisotopic (exact) mass is 327 g/mol. The van der Waals surface area contributed by atoms with E-state index in [4.69, 9.17) is 14.6 Å². The van der Waals surface area contributed by atoms with Crippen molar-refractivity contribution < 1.29 is 19.7 Å². The largest absolute Gasteiger partial charge is 0.395 e. The number of nitrogens with zero attached hydrogens (tertiary/aromatic N) is 1. The van der Waals surface area contributed by atoms with Crippen molar-refractivity contribution in [2.45, 2.75) is 64.6 Å². The minimum absolute atomic E-state index is 0.00309. The van der Waals surface area contributed by atoms with E-state index in [-0.39, 0.29) is 12.7 Å². The van der Waals surface area contributed by atoms with Crippen LogP contribution >= 0.6 is 0 Å². The van der Waals surface area contributed by atoms with Crippen molar-refractivity contribution >= 4 is 0 Å². The van der Waals surface area contributed by atoms with E-state index < -0.39 is 12.0 Å². The van der Waals surface area contributed by atoms with Gasteiger partial charge in [-0.1, -0.05) is 26.8 Å². The molecular formula is C18H33NO4. The van der Waals surface area contributed by atoms with Crippen LogP contribution in [0.15, 0.2) is 12.7 Å². The normalized spacial score (nSPS) is 33.3. The Labute approximate surface area is 140 Å². The lowest BCUT2D eigenvalue weighted by Gasteiger charge is -2.41. The van der Waals surface area contributed by atoms with Crippen molar-refractivity contribution in [2.24, 2.45) is 11.3 Å². The smallest absolute Gasteiger partial charge is 0.169 e. The number of rotatable bonds is 6. The van der Waals surface area contributed by atoms with Gasteiger partial charge >= 0.3 is 0 Å². The summed E-state index contributed by atoms with van der Waals surface area (Å²) in [6, 6.07) is 0. The molecule has 0 aromatic carbocycles. The number of hydrogen-bond acceptors (Lipinski definition) is 5. The average molecular weight is 327 g/mol. The van der Waals surface area contributed by atoms with Gasteiger partial charge in [-0.05, 0) is 24.2 Å². The molecule has 2 aliphatic rings. The second kappa shape index (κ2) is 7.62. The summed E-state index contributed by atoms with van der Waals surface area (Å²) in [4.78, 5) is 1.76. The van der Waals surface area contributed by atoms with Crippen LogP contribution in [-0.2, 0) is 9.47 Å². The number of hydrogen-bond donors (Lipinski definition) is 2. The predicted molar refractivity (Wildman–Crippen MR) is 89.8 cm³/mol. The SMILES string of the molecule is C=CCN(CCO)C(O)C1COC2(CCC(C(C)(C)C)CC2)O1. The lowest BCUT2D eigenvalue weighted by Crippen LogP contribution is -2.47. The minimum Gasteiger partial charge on any atom is -0.395 e. The van der Waals surface area contributed by atoms with Gasteiger partial charge in [-0.2, -0.15) is 0 Å². The van der Waals surface area contributed by atoms with E-state index in [0.717, 1.165) is 25.7 Å². The van der Waals surface area contributed by atoms with Crippen molar-refractivity contribution in [3.8, 4) is 0 Å². The Morgan fingerprint density at radius 2 is 2.00 bits per heavy atom. The van der Waals surface area contributed by atoms with E-state index >= 15 is 0 Å². The summed E-state index contributed by atoms with van der Waals surface area (Å²) in [5.41, 5.74) is 0.320. The van der Waals surface area contributed by atoms with Crippen LogP contribution in [0.3, 0.4) is 0 Å². The zero-order valence-electron chi connectivity index (χ0n) is 14.8. The number of aliphatic hydroxyl groups is 2. The Bertz CT molecular complexity index is 385. The quantitative estimate of drug-likeness (QED) is 0.578. The van der Waals surface area contributed by atoms with Crippen LogP contribution in [0.4, 0.5) is 0 Å². The maximum Gasteiger partial charge on any atom is 0.169 e. The van der Waals surface area contributed by atoms with Gasteiger partial charge in [-0.3, -0.25) is 4.90 Å². The standard InChI is InChI=1S/C18H33NO4/c1-5-10-19(11-12-20)16(21)15-13-22-18(23-15)8-6-14(7-9-18)17(2,3)4/h5,14-16,20-21H,1,6-13H2,2-4H3. The fourth-order valence-electron chi connectivity index (χ4n) is 3.77. The molecule has 1 spiro atoms. The van der Waals surface area contributed by atoms with Crippen molar-refractivity contribution in [1.29, 1.82) is 0 Å². The van der Waals surface area contributed by atoms with Crippen molar-refractivity contribution in [1.82, 2.24) is 4.90 Å². The van der Waals surface area contributed by atoms with Crippen LogP contribution in [0.25, 0.3) is 0 Å². The van der Waals surface area contributed by atoms with Crippen LogP contribution < -0.4 is 0 Å². The van der Waals surface area contributed by atoms with Gasteiger partial charge < -0.3 is 19.7 Å². The van der Waals surface area contributed by atoms with E-state index in [0.29, 0.717) is 31.0 Å². The molecule has 2 atom stereocenters. The highest BCUT2D eigenvalue weighted by Crippen LogP contribution is 2.45. The first kappa shape index (κ1) is 18.9. The van der Waals surface area contributed by atoms with Gasteiger partial charge in [0, 0.05) is 25.9 Å². The fraction of sp³-hybridized carbons (Fsp3) is 0.889. The molecule has 5 nitrogen and oxygen atoms in total. The summed E-state index contributed by atoms with van der Waals surface area (Å²) in [6.45, 7) is 11.9. The Morgan fingerprint density at radius 3 is 2.52 bits per heavy atom. The van der Waals surface area contributed by atoms with E-state index in [1.807, 2.05) is 0 Å². The molecule has 0 bridgehead atoms. The molecule has 0 aromatic rings. The highest BCUT2D eigenvalue weighted by atomic mass is 16.7. The maximum absolute atomic E-state index is 10.5.